The van der Waals surface area contributed by atoms with Crippen molar-refractivity contribution in [3.05, 3.63) is 34.6 Å². The molecule has 2 rings (SSSR count). The van der Waals surface area contributed by atoms with Gasteiger partial charge in [0.25, 0.3) is 0 Å². The summed E-state index contributed by atoms with van der Waals surface area (Å²) < 4.78 is 13.7. The third-order valence-corrected chi connectivity index (χ3v) is 3.81. The van der Waals surface area contributed by atoms with Gasteiger partial charge in [0.05, 0.1) is 5.02 Å². The van der Waals surface area contributed by atoms with Gasteiger partial charge < -0.3 is 10.2 Å². The molecule has 1 unspecified atom stereocenters. The molecule has 1 aliphatic heterocycles. The van der Waals surface area contributed by atoms with Gasteiger partial charge in [-0.25, -0.2) is 4.39 Å². The van der Waals surface area contributed by atoms with Crippen molar-refractivity contribution in [2.75, 3.05) is 7.05 Å². The van der Waals surface area contributed by atoms with E-state index in [0.29, 0.717) is 24.8 Å². The van der Waals surface area contributed by atoms with E-state index in [1.54, 1.807) is 19.2 Å². The summed E-state index contributed by atoms with van der Waals surface area (Å²) in [6.07, 6.45) is 1.81. The molecule has 20 heavy (non-hydrogen) atoms. The minimum absolute atomic E-state index is 0.0294. The minimum Gasteiger partial charge on any atom is -0.350 e. The maximum absolute atomic E-state index is 13.7. The van der Waals surface area contributed by atoms with Gasteiger partial charge in [-0.05, 0) is 18.9 Å². The molecule has 0 aromatic heterocycles. The lowest BCUT2D eigenvalue weighted by Crippen LogP contribution is -2.49. The second-order valence-corrected chi connectivity index (χ2v) is 5.25. The quantitative estimate of drug-likeness (QED) is 0.929. The van der Waals surface area contributed by atoms with Crippen LogP contribution in [0.1, 0.15) is 24.8 Å². The predicted octanol–water partition coefficient (Wildman–Crippen LogP) is 2.11. The molecule has 6 heteroatoms. The number of piperidine rings is 1. The number of halogens is 2. The third-order valence-electron chi connectivity index (χ3n) is 3.52. The van der Waals surface area contributed by atoms with E-state index in [2.05, 4.69) is 5.32 Å². The van der Waals surface area contributed by atoms with Crippen molar-refractivity contribution in [1.29, 1.82) is 0 Å². The van der Waals surface area contributed by atoms with Crippen LogP contribution in [-0.4, -0.2) is 29.8 Å². The molecule has 0 radical (unpaired) electrons. The molecule has 0 spiro atoms. The van der Waals surface area contributed by atoms with E-state index in [4.69, 9.17) is 11.6 Å². The van der Waals surface area contributed by atoms with Crippen LogP contribution in [0.4, 0.5) is 4.39 Å². The van der Waals surface area contributed by atoms with Gasteiger partial charge in [0.15, 0.2) is 0 Å². The predicted molar refractivity (Wildman–Crippen MR) is 73.7 cm³/mol. The molecule has 2 amide bonds. The normalized spacial score (nSPS) is 19.1. The van der Waals surface area contributed by atoms with Crippen molar-refractivity contribution >= 4 is 23.4 Å². The molecule has 0 saturated carbocycles. The van der Waals surface area contributed by atoms with Gasteiger partial charge in [-0.1, -0.05) is 23.7 Å². The van der Waals surface area contributed by atoms with Crippen molar-refractivity contribution in [3.63, 3.8) is 0 Å². The van der Waals surface area contributed by atoms with Gasteiger partial charge in [0.2, 0.25) is 11.8 Å². The fourth-order valence-corrected chi connectivity index (χ4v) is 2.48. The lowest BCUT2D eigenvalue weighted by Gasteiger charge is -2.31. The Labute approximate surface area is 121 Å². The van der Waals surface area contributed by atoms with Crippen molar-refractivity contribution < 1.29 is 14.0 Å². The number of benzene rings is 1. The van der Waals surface area contributed by atoms with Crippen LogP contribution < -0.4 is 5.32 Å². The molecule has 1 fully saturated rings. The van der Waals surface area contributed by atoms with Crippen LogP contribution in [0, 0.1) is 5.82 Å². The Morgan fingerprint density at radius 2 is 2.30 bits per heavy atom. The lowest BCUT2D eigenvalue weighted by molar-refractivity contribution is -0.142. The number of nitrogens with zero attached hydrogens (tertiary/aromatic N) is 1. The number of likely N-dealkylation sites (tertiary alicyclic amines) is 1. The molecule has 0 bridgehead atoms. The molecule has 1 atom stereocenters. The Hall–Kier alpha value is -1.62. The first-order valence-electron chi connectivity index (χ1n) is 6.47. The van der Waals surface area contributed by atoms with Crippen LogP contribution in [0.5, 0.6) is 0 Å². The number of likely N-dealkylation sites (N-methyl/N-ethyl adjacent to an activating group) is 1. The van der Waals surface area contributed by atoms with Gasteiger partial charge in [0, 0.05) is 25.6 Å². The monoisotopic (exact) mass is 298 g/mol. The van der Waals surface area contributed by atoms with Gasteiger partial charge in [-0.2, -0.15) is 0 Å². The highest BCUT2D eigenvalue weighted by atomic mass is 35.5. The molecule has 4 nitrogen and oxygen atoms in total. The molecule has 1 N–H and O–H groups in total. The number of hydrogen-bond acceptors (Lipinski definition) is 2. The molecule has 1 aromatic carbocycles. The average molecular weight is 299 g/mol. The molecule has 1 aromatic rings. The largest absolute Gasteiger partial charge is 0.350 e. The zero-order chi connectivity index (χ0) is 14.7. The Morgan fingerprint density at radius 1 is 1.55 bits per heavy atom. The Kier molecular flexibility index (Phi) is 4.60. The fourth-order valence-electron chi connectivity index (χ4n) is 2.28. The van der Waals surface area contributed by atoms with E-state index in [0.717, 1.165) is 0 Å². The van der Waals surface area contributed by atoms with E-state index < -0.39 is 11.9 Å². The number of hydrogen-bond donors (Lipinski definition) is 1. The van der Waals surface area contributed by atoms with Gasteiger partial charge in [-0.15, -0.1) is 0 Å². The zero-order valence-corrected chi connectivity index (χ0v) is 11.9. The fraction of sp³-hybridized carbons (Fsp3) is 0.429. The van der Waals surface area contributed by atoms with Gasteiger partial charge >= 0.3 is 0 Å². The highest BCUT2D eigenvalue weighted by molar-refractivity contribution is 6.30. The second-order valence-electron chi connectivity index (χ2n) is 4.84. The number of amides is 2. The van der Waals surface area contributed by atoms with Crippen LogP contribution in [0.25, 0.3) is 0 Å². The lowest BCUT2D eigenvalue weighted by atomic mass is 10.0. The van der Waals surface area contributed by atoms with Crippen molar-refractivity contribution in [2.24, 2.45) is 0 Å². The first kappa shape index (κ1) is 14.8. The van der Waals surface area contributed by atoms with Crippen LogP contribution >= 0.6 is 11.6 Å². The summed E-state index contributed by atoms with van der Waals surface area (Å²) in [6.45, 7) is 0.0593. The van der Waals surface area contributed by atoms with Crippen LogP contribution in [0.15, 0.2) is 18.2 Å². The third kappa shape index (κ3) is 3.10. The summed E-state index contributed by atoms with van der Waals surface area (Å²) in [4.78, 5) is 25.1. The van der Waals surface area contributed by atoms with Gasteiger partial charge in [-0.3, -0.25) is 9.59 Å². The van der Waals surface area contributed by atoms with E-state index >= 15 is 0 Å². The van der Waals surface area contributed by atoms with Crippen molar-refractivity contribution in [3.8, 4) is 0 Å². The maximum Gasteiger partial charge on any atom is 0.243 e. The molecular formula is C14H16ClFN2O2. The number of carbonyl (C=O) groups excluding carboxylic acids is 2. The van der Waals surface area contributed by atoms with Gasteiger partial charge in [0.1, 0.15) is 11.9 Å². The van der Waals surface area contributed by atoms with E-state index in [-0.39, 0.29) is 23.4 Å². The molecule has 1 heterocycles. The van der Waals surface area contributed by atoms with E-state index in [1.165, 1.54) is 11.0 Å². The molecule has 0 aliphatic carbocycles. The van der Waals surface area contributed by atoms with Crippen LogP contribution in [-0.2, 0) is 16.1 Å². The number of rotatable bonds is 3. The van der Waals surface area contributed by atoms with Crippen molar-refractivity contribution in [1.82, 2.24) is 10.2 Å². The summed E-state index contributed by atoms with van der Waals surface area (Å²) in [5.74, 6) is -0.826. The number of carbonyl (C=O) groups is 2. The minimum atomic E-state index is -0.525. The highest BCUT2D eigenvalue weighted by Crippen LogP contribution is 2.19. The smallest absolute Gasteiger partial charge is 0.243 e. The van der Waals surface area contributed by atoms with E-state index in [9.17, 15) is 14.0 Å². The summed E-state index contributed by atoms with van der Waals surface area (Å²) >= 11 is 5.68. The summed E-state index contributed by atoms with van der Waals surface area (Å²) in [5, 5.41) is 2.69. The van der Waals surface area contributed by atoms with Crippen LogP contribution in [0.2, 0.25) is 5.02 Å². The first-order valence-corrected chi connectivity index (χ1v) is 6.84. The van der Waals surface area contributed by atoms with Crippen molar-refractivity contribution in [2.45, 2.75) is 31.8 Å². The Morgan fingerprint density at radius 3 is 3.05 bits per heavy atom. The summed E-state index contributed by atoms with van der Waals surface area (Å²) in [7, 11) is 1.62. The molecule has 1 aliphatic rings. The SMILES string of the molecule is CN1C(=O)CCCC1C(=O)NCc1cccc(Cl)c1F. The Balaban J connectivity index is 1.98. The zero-order valence-electron chi connectivity index (χ0n) is 11.2. The highest BCUT2D eigenvalue weighted by Gasteiger charge is 2.30. The van der Waals surface area contributed by atoms with E-state index in [1.807, 2.05) is 0 Å². The molecule has 1 saturated heterocycles. The topological polar surface area (TPSA) is 49.4 Å². The summed E-state index contributed by atoms with van der Waals surface area (Å²) in [6, 6.07) is 4.18. The maximum atomic E-state index is 13.7. The number of nitrogens with one attached hydrogen (secondary N) is 1. The second kappa shape index (κ2) is 6.22. The standard InChI is InChI=1S/C14H16ClFN2O2/c1-18-11(6-3-7-12(18)19)14(20)17-8-9-4-2-5-10(15)13(9)16/h2,4-5,11H,3,6-8H2,1H3,(H,17,20). The first-order chi connectivity index (χ1) is 9.50. The average Bonchev–Trinajstić information content (AvgIpc) is 2.43. The summed E-state index contributed by atoms with van der Waals surface area (Å²) in [5.41, 5.74) is 0.329. The molecule has 108 valence electrons. The van der Waals surface area contributed by atoms with Crippen LogP contribution in [0.3, 0.4) is 0 Å². The molecular weight excluding hydrogens is 283 g/mol. The Bertz CT molecular complexity index is 536.